The molecule has 1 unspecified atom stereocenters. The average Bonchev–Trinajstić information content (AvgIpc) is 3.02. The van der Waals surface area contributed by atoms with Gasteiger partial charge in [0.25, 0.3) is 5.82 Å². The Hall–Kier alpha value is -3.10. The molecule has 0 saturated carbocycles. The summed E-state index contributed by atoms with van der Waals surface area (Å²) >= 11 is 6.09. The fraction of sp³-hybridized carbons (Fsp3) is 0.0588. The van der Waals surface area contributed by atoms with Gasteiger partial charge in [-0.15, -0.1) is 5.10 Å². The van der Waals surface area contributed by atoms with Crippen LogP contribution >= 0.6 is 11.6 Å². The third kappa shape index (κ3) is 2.56. The summed E-state index contributed by atoms with van der Waals surface area (Å²) < 4.78 is 15.5. The number of nitrogens with zero attached hydrogens (tertiary/aromatic N) is 4. The van der Waals surface area contributed by atoms with Crippen molar-refractivity contribution in [3.63, 3.8) is 0 Å². The summed E-state index contributed by atoms with van der Waals surface area (Å²) in [7, 11) is 0. The molecule has 130 valence electrons. The third-order valence-corrected chi connectivity index (χ3v) is 4.11. The molecule has 7 nitrogen and oxygen atoms in total. The number of aromatic nitrogens is 3. The highest BCUT2D eigenvalue weighted by molar-refractivity contribution is 6.31. The number of halogens is 2. The Morgan fingerprint density at radius 2 is 1.96 bits per heavy atom. The van der Waals surface area contributed by atoms with Crippen LogP contribution in [-0.4, -0.2) is 36.7 Å². The lowest BCUT2D eigenvalue weighted by Gasteiger charge is -2.11. The summed E-state index contributed by atoms with van der Waals surface area (Å²) in [6, 6.07) is 10.7. The lowest BCUT2D eigenvalue weighted by Crippen LogP contribution is -2.10. The van der Waals surface area contributed by atoms with Crippen LogP contribution < -0.4 is 0 Å². The number of aliphatic imine (C=N–C) groups is 1. The van der Waals surface area contributed by atoms with Crippen LogP contribution in [0, 0.1) is 5.82 Å². The highest BCUT2D eigenvalue weighted by Gasteiger charge is 2.29. The Bertz CT molecular complexity index is 1080. The van der Waals surface area contributed by atoms with Crippen LogP contribution in [0.1, 0.15) is 33.8 Å². The van der Waals surface area contributed by atoms with E-state index in [4.69, 9.17) is 16.7 Å². The van der Waals surface area contributed by atoms with Crippen molar-refractivity contribution in [1.82, 2.24) is 14.8 Å². The molecule has 0 aliphatic carbocycles. The van der Waals surface area contributed by atoms with E-state index in [0.717, 1.165) is 0 Å². The van der Waals surface area contributed by atoms with E-state index in [2.05, 4.69) is 15.1 Å². The predicted molar refractivity (Wildman–Crippen MR) is 90.3 cm³/mol. The second kappa shape index (κ2) is 6.01. The van der Waals surface area contributed by atoms with Gasteiger partial charge in [0.05, 0.1) is 11.4 Å². The predicted octanol–water partition coefficient (Wildman–Crippen LogP) is 2.60. The fourth-order valence-corrected chi connectivity index (χ4v) is 2.93. The Morgan fingerprint density at radius 3 is 2.69 bits per heavy atom. The number of hydrogen-bond donors (Lipinski definition) is 2. The van der Waals surface area contributed by atoms with Crippen LogP contribution in [0.2, 0.25) is 5.02 Å². The van der Waals surface area contributed by atoms with Crippen molar-refractivity contribution >= 4 is 23.3 Å². The highest BCUT2D eigenvalue weighted by atomic mass is 35.5. The van der Waals surface area contributed by atoms with Gasteiger partial charge < -0.3 is 10.2 Å². The minimum atomic E-state index is -1.53. The van der Waals surface area contributed by atoms with E-state index >= 15 is 0 Å². The number of aromatic carboxylic acids is 1. The first-order valence-electron chi connectivity index (χ1n) is 7.47. The molecule has 1 aliphatic heterocycles. The zero-order valence-corrected chi connectivity index (χ0v) is 13.7. The standard InChI is InChI=1S/C17H10ClFN4O3/c18-8-5-6-12-10(7-8)13(9-3-1-2-4-11(9)19)20-16(24)15-21-14(17(25)26)22-23(12)15/h1-7,16,24H,(H,25,26). The van der Waals surface area contributed by atoms with Gasteiger partial charge in [-0.25, -0.2) is 23.8 Å². The van der Waals surface area contributed by atoms with Crippen molar-refractivity contribution in [2.24, 2.45) is 4.99 Å². The summed E-state index contributed by atoms with van der Waals surface area (Å²) in [5, 5.41) is 23.8. The first-order chi connectivity index (χ1) is 12.5. The Labute approximate surface area is 151 Å². The van der Waals surface area contributed by atoms with Gasteiger partial charge in [-0.2, -0.15) is 0 Å². The lowest BCUT2D eigenvalue weighted by atomic mass is 10.00. The second-order valence-electron chi connectivity index (χ2n) is 5.50. The van der Waals surface area contributed by atoms with Gasteiger partial charge in [0, 0.05) is 16.1 Å². The number of fused-ring (bicyclic) bond motifs is 3. The normalized spacial score (nSPS) is 15.7. The molecular formula is C17H10ClFN4O3. The molecule has 1 atom stereocenters. The lowest BCUT2D eigenvalue weighted by molar-refractivity contribution is 0.0683. The number of aliphatic hydroxyl groups is 1. The van der Waals surface area contributed by atoms with E-state index in [1.54, 1.807) is 24.3 Å². The second-order valence-corrected chi connectivity index (χ2v) is 5.94. The number of aliphatic hydroxyl groups excluding tert-OH is 1. The molecule has 2 aromatic carbocycles. The molecule has 1 aliphatic rings. The van der Waals surface area contributed by atoms with Crippen LogP contribution in [0.5, 0.6) is 0 Å². The molecule has 0 fully saturated rings. The topological polar surface area (TPSA) is 101 Å². The van der Waals surface area contributed by atoms with Crippen LogP contribution in [-0.2, 0) is 0 Å². The zero-order chi connectivity index (χ0) is 18.4. The van der Waals surface area contributed by atoms with E-state index in [1.807, 2.05) is 0 Å². The monoisotopic (exact) mass is 372 g/mol. The van der Waals surface area contributed by atoms with E-state index < -0.39 is 23.8 Å². The van der Waals surface area contributed by atoms with Gasteiger partial charge >= 0.3 is 5.97 Å². The molecule has 9 heteroatoms. The van der Waals surface area contributed by atoms with Gasteiger partial charge in [-0.1, -0.05) is 23.7 Å². The number of rotatable bonds is 2. The third-order valence-electron chi connectivity index (χ3n) is 3.88. The largest absolute Gasteiger partial charge is 0.475 e. The summed E-state index contributed by atoms with van der Waals surface area (Å²) in [5.74, 6) is -2.43. The summed E-state index contributed by atoms with van der Waals surface area (Å²) in [6.07, 6.45) is -1.53. The van der Waals surface area contributed by atoms with E-state index in [0.29, 0.717) is 16.3 Å². The molecular weight excluding hydrogens is 363 g/mol. The molecule has 1 aromatic heterocycles. The van der Waals surface area contributed by atoms with Crippen LogP contribution in [0.4, 0.5) is 4.39 Å². The molecule has 26 heavy (non-hydrogen) atoms. The van der Waals surface area contributed by atoms with Gasteiger partial charge in [0.1, 0.15) is 5.82 Å². The fourth-order valence-electron chi connectivity index (χ4n) is 2.76. The minimum absolute atomic E-state index is 0.0858. The number of hydrogen-bond acceptors (Lipinski definition) is 5. The van der Waals surface area contributed by atoms with Gasteiger partial charge in [0.15, 0.2) is 5.82 Å². The maximum absolute atomic E-state index is 14.3. The van der Waals surface area contributed by atoms with Gasteiger partial charge in [-0.05, 0) is 30.3 Å². The van der Waals surface area contributed by atoms with Crippen LogP contribution in [0.25, 0.3) is 5.69 Å². The van der Waals surface area contributed by atoms with Crippen molar-refractivity contribution in [2.75, 3.05) is 0 Å². The first-order valence-corrected chi connectivity index (χ1v) is 7.85. The molecule has 0 radical (unpaired) electrons. The van der Waals surface area contributed by atoms with E-state index in [1.165, 1.54) is 22.9 Å². The van der Waals surface area contributed by atoms with Crippen LogP contribution in [0.15, 0.2) is 47.5 Å². The molecule has 0 bridgehead atoms. The van der Waals surface area contributed by atoms with E-state index in [9.17, 15) is 14.3 Å². The molecule has 0 saturated heterocycles. The van der Waals surface area contributed by atoms with Crippen molar-refractivity contribution in [1.29, 1.82) is 0 Å². The quantitative estimate of drug-likeness (QED) is 0.720. The van der Waals surface area contributed by atoms with Crippen LogP contribution in [0.3, 0.4) is 0 Å². The van der Waals surface area contributed by atoms with E-state index in [-0.39, 0.29) is 17.1 Å². The van der Waals surface area contributed by atoms with Crippen molar-refractivity contribution in [3.8, 4) is 5.69 Å². The smallest absolute Gasteiger partial charge is 0.375 e. The van der Waals surface area contributed by atoms with Crippen molar-refractivity contribution < 1.29 is 19.4 Å². The van der Waals surface area contributed by atoms with Gasteiger partial charge in [-0.3, -0.25) is 0 Å². The summed E-state index contributed by atoms with van der Waals surface area (Å²) in [6.45, 7) is 0. The number of carbonyl (C=O) groups is 1. The van der Waals surface area contributed by atoms with Crippen molar-refractivity contribution in [3.05, 3.63) is 76.1 Å². The first kappa shape index (κ1) is 16.4. The molecule has 0 spiro atoms. The maximum atomic E-state index is 14.3. The Balaban J connectivity index is 2.03. The van der Waals surface area contributed by atoms with Gasteiger partial charge in [0.2, 0.25) is 6.23 Å². The molecule has 4 rings (SSSR count). The molecule has 3 aromatic rings. The molecule has 2 heterocycles. The average molecular weight is 373 g/mol. The SMILES string of the molecule is O=C(O)c1nc2n(n1)-c1ccc(Cl)cc1C(c1ccccc1F)=NC2O. The molecule has 2 N–H and O–H groups in total. The zero-order valence-electron chi connectivity index (χ0n) is 13.0. The number of benzene rings is 2. The Kier molecular flexibility index (Phi) is 3.78. The summed E-state index contributed by atoms with van der Waals surface area (Å²) in [4.78, 5) is 19.2. The minimum Gasteiger partial charge on any atom is -0.475 e. The maximum Gasteiger partial charge on any atom is 0.375 e. The number of carboxylic acids is 1. The highest BCUT2D eigenvalue weighted by Crippen LogP contribution is 2.30. The summed E-state index contributed by atoms with van der Waals surface area (Å²) in [5.41, 5.74) is 1.10. The van der Waals surface area contributed by atoms with Crippen molar-refractivity contribution in [2.45, 2.75) is 6.23 Å². The Morgan fingerprint density at radius 1 is 1.19 bits per heavy atom. The number of carboxylic acid groups (broad SMARTS) is 1. The molecule has 0 amide bonds.